The Balaban J connectivity index is 2.40. The highest BCUT2D eigenvalue weighted by Gasteiger charge is 2.13. The molecule has 0 aliphatic heterocycles. The lowest BCUT2D eigenvalue weighted by atomic mass is 10.1. The molecule has 4 nitrogen and oxygen atoms in total. The third-order valence-corrected chi connectivity index (χ3v) is 3.12. The maximum atomic E-state index is 11.8. The van der Waals surface area contributed by atoms with E-state index in [0.717, 1.165) is 24.8 Å². The second-order valence-electron chi connectivity index (χ2n) is 5.00. The zero-order valence-corrected chi connectivity index (χ0v) is 12.6. The normalized spacial score (nSPS) is 13.6. The molecule has 0 fully saturated rings. The number of nitrogens with one attached hydrogen (secondary N) is 1. The number of hydrogen-bond acceptors (Lipinski definition) is 3. The van der Waals surface area contributed by atoms with Crippen LogP contribution in [-0.2, 0) is 4.79 Å². The molecule has 0 aliphatic rings. The van der Waals surface area contributed by atoms with Gasteiger partial charge in [-0.3, -0.25) is 4.79 Å². The van der Waals surface area contributed by atoms with Crippen molar-refractivity contribution in [2.45, 2.75) is 52.2 Å². The zero-order valence-electron chi connectivity index (χ0n) is 12.6. The van der Waals surface area contributed by atoms with Crippen LogP contribution < -0.4 is 10.1 Å². The first-order chi connectivity index (χ1) is 9.54. The molecule has 20 heavy (non-hydrogen) atoms. The molecule has 1 aromatic carbocycles. The number of carbonyl (C=O) groups excluding carboxylic acids is 1. The summed E-state index contributed by atoms with van der Waals surface area (Å²) in [5.41, 5.74) is 0.828. The van der Waals surface area contributed by atoms with Crippen LogP contribution in [0.5, 0.6) is 5.75 Å². The molecule has 0 heterocycles. The standard InChI is InChI=1S/C16H25NO3/c1-4-5-6-11-17-16(19)13(3)20-15-9-7-14(8-10-15)12(2)18/h7-10,12-13,18H,4-6,11H2,1-3H3,(H,17,19)/t12-,13?/m0/s1. The summed E-state index contributed by atoms with van der Waals surface area (Å²) in [7, 11) is 0. The number of ether oxygens (including phenoxy) is 1. The van der Waals surface area contributed by atoms with E-state index >= 15 is 0 Å². The minimum atomic E-state index is -0.519. The number of hydrogen-bond donors (Lipinski definition) is 2. The molecule has 2 atom stereocenters. The van der Waals surface area contributed by atoms with Crippen LogP contribution >= 0.6 is 0 Å². The lowest BCUT2D eigenvalue weighted by Crippen LogP contribution is -2.36. The summed E-state index contributed by atoms with van der Waals surface area (Å²) in [5.74, 6) is 0.534. The van der Waals surface area contributed by atoms with Gasteiger partial charge in [-0.05, 0) is 38.0 Å². The predicted molar refractivity (Wildman–Crippen MR) is 79.7 cm³/mol. The van der Waals surface area contributed by atoms with Crippen LogP contribution in [0.1, 0.15) is 51.7 Å². The van der Waals surface area contributed by atoms with Crippen LogP contribution in [0, 0.1) is 0 Å². The van der Waals surface area contributed by atoms with Crippen molar-refractivity contribution in [2.24, 2.45) is 0 Å². The summed E-state index contributed by atoms with van der Waals surface area (Å²) in [6.45, 7) is 6.27. The number of carbonyl (C=O) groups is 1. The first kappa shape index (κ1) is 16.5. The third kappa shape index (κ3) is 5.61. The van der Waals surface area contributed by atoms with Gasteiger partial charge >= 0.3 is 0 Å². The minimum absolute atomic E-state index is 0.0966. The Bertz CT molecular complexity index is 401. The van der Waals surface area contributed by atoms with Crippen molar-refractivity contribution >= 4 is 5.91 Å². The van der Waals surface area contributed by atoms with E-state index in [4.69, 9.17) is 4.74 Å². The van der Waals surface area contributed by atoms with Crippen molar-refractivity contribution in [3.8, 4) is 5.75 Å². The van der Waals surface area contributed by atoms with Crippen LogP contribution in [0.25, 0.3) is 0 Å². The number of rotatable bonds is 8. The topological polar surface area (TPSA) is 58.6 Å². The Kier molecular flexibility index (Phi) is 7.09. The molecule has 0 bridgehead atoms. The van der Waals surface area contributed by atoms with Gasteiger partial charge in [0.2, 0.25) is 0 Å². The molecular weight excluding hydrogens is 254 g/mol. The molecule has 1 aromatic rings. The van der Waals surface area contributed by atoms with E-state index in [1.54, 1.807) is 38.1 Å². The zero-order chi connectivity index (χ0) is 15.0. The van der Waals surface area contributed by atoms with Crippen molar-refractivity contribution in [3.05, 3.63) is 29.8 Å². The molecule has 0 saturated carbocycles. The van der Waals surface area contributed by atoms with E-state index in [9.17, 15) is 9.90 Å². The van der Waals surface area contributed by atoms with E-state index in [2.05, 4.69) is 12.2 Å². The number of unbranched alkanes of at least 4 members (excludes halogenated alkanes) is 2. The highest BCUT2D eigenvalue weighted by molar-refractivity contribution is 5.80. The first-order valence-electron chi connectivity index (χ1n) is 7.27. The van der Waals surface area contributed by atoms with Crippen LogP contribution in [0.15, 0.2) is 24.3 Å². The largest absolute Gasteiger partial charge is 0.481 e. The van der Waals surface area contributed by atoms with Gasteiger partial charge in [-0.25, -0.2) is 0 Å². The molecule has 0 saturated heterocycles. The van der Waals surface area contributed by atoms with Crippen molar-refractivity contribution in [1.29, 1.82) is 0 Å². The van der Waals surface area contributed by atoms with Crippen molar-refractivity contribution in [3.63, 3.8) is 0 Å². The van der Waals surface area contributed by atoms with E-state index in [0.29, 0.717) is 12.3 Å². The minimum Gasteiger partial charge on any atom is -0.481 e. The lowest BCUT2D eigenvalue weighted by molar-refractivity contribution is -0.127. The van der Waals surface area contributed by atoms with Gasteiger partial charge in [-0.15, -0.1) is 0 Å². The third-order valence-electron chi connectivity index (χ3n) is 3.12. The van der Waals surface area contributed by atoms with Gasteiger partial charge in [0.1, 0.15) is 5.75 Å². The molecule has 4 heteroatoms. The Hall–Kier alpha value is -1.55. The van der Waals surface area contributed by atoms with E-state index in [1.165, 1.54) is 0 Å². The van der Waals surface area contributed by atoms with Crippen molar-refractivity contribution in [2.75, 3.05) is 6.54 Å². The Morgan fingerprint density at radius 2 is 1.90 bits per heavy atom. The van der Waals surface area contributed by atoms with E-state index in [-0.39, 0.29) is 5.91 Å². The number of amides is 1. The fourth-order valence-corrected chi connectivity index (χ4v) is 1.81. The Labute approximate surface area is 121 Å². The second kappa shape index (κ2) is 8.59. The number of aliphatic hydroxyl groups is 1. The smallest absolute Gasteiger partial charge is 0.260 e. The number of aliphatic hydroxyl groups excluding tert-OH is 1. The average Bonchev–Trinajstić information content (AvgIpc) is 2.44. The summed E-state index contributed by atoms with van der Waals surface area (Å²) in [6.07, 6.45) is 2.24. The van der Waals surface area contributed by atoms with E-state index in [1.807, 2.05) is 0 Å². The van der Waals surface area contributed by atoms with Crippen molar-refractivity contribution < 1.29 is 14.6 Å². The molecule has 1 rings (SSSR count). The summed E-state index contributed by atoms with van der Waals surface area (Å²) in [4.78, 5) is 11.8. The molecule has 1 unspecified atom stereocenters. The van der Waals surface area contributed by atoms with Crippen LogP contribution in [-0.4, -0.2) is 23.7 Å². The summed E-state index contributed by atoms with van der Waals surface area (Å²) in [6, 6.07) is 7.13. The van der Waals surface area contributed by atoms with E-state index < -0.39 is 12.2 Å². The summed E-state index contributed by atoms with van der Waals surface area (Å²) >= 11 is 0. The van der Waals surface area contributed by atoms with Gasteiger partial charge in [0.05, 0.1) is 6.10 Å². The van der Waals surface area contributed by atoms with Crippen molar-refractivity contribution in [1.82, 2.24) is 5.32 Å². The molecular formula is C16H25NO3. The monoisotopic (exact) mass is 279 g/mol. The SMILES string of the molecule is CCCCCNC(=O)C(C)Oc1ccc([C@H](C)O)cc1. The fourth-order valence-electron chi connectivity index (χ4n) is 1.81. The van der Waals surface area contributed by atoms with Gasteiger partial charge in [-0.2, -0.15) is 0 Å². The molecule has 2 N–H and O–H groups in total. The average molecular weight is 279 g/mol. The quantitative estimate of drug-likeness (QED) is 0.719. The van der Waals surface area contributed by atoms with Crippen LogP contribution in [0.2, 0.25) is 0 Å². The van der Waals surface area contributed by atoms with Gasteiger partial charge in [0, 0.05) is 6.54 Å². The first-order valence-corrected chi connectivity index (χ1v) is 7.27. The maximum Gasteiger partial charge on any atom is 0.260 e. The summed E-state index contributed by atoms with van der Waals surface area (Å²) < 4.78 is 5.57. The Morgan fingerprint density at radius 3 is 2.45 bits per heavy atom. The van der Waals surface area contributed by atoms with Crippen LogP contribution in [0.3, 0.4) is 0 Å². The van der Waals surface area contributed by atoms with Gasteiger partial charge in [-0.1, -0.05) is 31.9 Å². The number of benzene rings is 1. The highest BCUT2D eigenvalue weighted by atomic mass is 16.5. The molecule has 0 aromatic heterocycles. The molecule has 0 spiro atoms. The van der Waals surface area contributed by atoms with Gasteiger partial charge in [0.15, 0.2) is 6.10 Å². The second-order valence-corrected chi connectivity index (χ2v) is 5.00. The molecule has 0 radical (unpaired) electrons. The van der Waals surface area contributed by atoms with Crippen LogP contribution in [0.4, 0.5) is 0 Å². The predicted octanol–water partition coefficient (Wildman–Crippen LogP) is 2.81. The summed E-state index contributed by atoms with van der Waals surface area (Å²) in [5, 5.41) is 12.3. The maximum absolute atomic E-state index is 11.8. The highest BCUT2D eigenvalue weighted by Crippen LogP contribution is 2.18. The Morgan fingerprint density at radius 1 is 1.25 bits per heavy atom. The lowest BCUT2D eigenvalue weighted by Gasteiger charge is -2.15. The molecule has 0 aliphatic carbocycles. The molecule has 1 amide bonds. The molecule has 112 valence electrons. The van der Waals surface area contributed by atoms with Gasteiger partial charge in [0.25, 0.3) is 5.91 Å². The van der Waals surface area contributed by atoms with Gasteiger partial charge < -0.3 is 15.2 Å². The fraction of sp³-hybridized carbons (Fsp3) is 0.562.